The van der Waals surface area contributed by atoms with Crippen molar-refractivity contribution in [3.05, 3.63) is 24.3 Å². The SMILES string of the molecule is CSc1nc2ncnc(NCC(O)c3cnn(C)c3)c2s1. The third kappa shape index (κ3) is 2.99. The van der Waals surface area contributed by atoms with Crippen LogP contribution >= 0.6 is 23.1 Å². The third-order valence-corrected chi connectivity index (χ3v) is 4.96. The molecule has 0 spiro atoms. The van der Waals surface area contributed by atoms with Gasteiger partial charge in [0.05, 0.1) is 12.3 Å². The number of nitrogens with zero attached hydrogens (tertiary/aromatic N) is 5. The van der Waals surface area contributed by atoms with Crippen molar-refractivity contribution >= 4 is 39.3 Å². The average molecular weight is 322 g/mol. The van der Waals surface area contributed by atoms with Gasteiger partial charge in [-0.25, -0.2) is 15.0 Å². The van der Waals surface area contributed by atoms with Crippen LogP contribution in [0.5, 0.6) is 0 Å². The molecule has 1 atom stereocenters. The zero-order valence-electron chi connectivity index (χ0n) is 11.5. The predicted molar refractivity (Wildman–Crippen MR) is 83.6 cm³/mol. The van der Waals surface area contributed by atoms with Crippen LogP contribution in [0, 0.1) is 0 Å². The molecular weight excluding hydrogens is 308 g/mol. The van der Waals surface area contributed by atoms with Crippen LogP contribution in [0.15, 0.2) is 23.1 Å². The number of thiazole rings is 1. The van der Waals surface area contributed by atoms with Crippen LogP contribution in [0.4, 0.5) is 5.82 Å². The second-order valence-corrected chi connectivity index (χ2v) is 6.46. The van der Waals surface area contributed by atoms with Crippen LogP contribution in [0.25, 0.3) is 10.3 Å². The van der Waals surface area contributed by atoms with Crippen LogP contribution < -0.4 is 5.32 Å². The molecule has 21 heavy (non-hydrogen) atoms. The van der Waals surface area contributed by atoms with E-state index in [0.717, 1.165) is 14.6 Å². The smallest absolute Gasteiger partial charge is 0.176 e. The second kappa shape index (κ2) is 5.96. The molecule has 110 valence electrons. The largest absolute Gasteiger partial charge is 0.386 e. The second-order valence-electron chi connectivity index (χ2n) is 4.40. The highest BCUT2D eigenvalue weighted by atomic mass is 32.2. The van der Waals surface area contributed by atoms with E-state index in [1.807, 2.05) is 13.3 Å². The van der Waals surface area contributed by atoms with Gasteiger partial charge in [0.2, 0.25) is 0 Å². The maximum atomic E-state index is 10.1. The topological polar surface area (TPSA) is 88.8 Å². The minimum atomic E-state index is -0.642. The van der Waals surface area contributed by atoms with Gasteiger partial charge < -0.3 is 10.4 Å². The number of aryl methyl sites for hydroxylation is 1. The van der Waals surface area contributed by atoms with Crippen molar-refractivity contribution in [3.8, 4) is 0 Å². The van der Waals surface area contributed by atoms with Crippen LogP contribution in [0.3, 0.4) is 0 Å². The monoisotopic (exact) mass is 322 g/mol. The summed E-state index contributed by atoms with van der Waals surface area (Å²) in [4.78, 5) is 12.8. The van der Waals surface area contributed by atoms with Gasteiger partial charge in [-0.3, -0.25) is 4.68 Å². The minimum Gasteiger partial charge on any atom is -0.386 e. The van der Waals surface area contributed by atoms with E-state index in [1.54, 1.807) is 40.2 Å². The molecule has 0 aliphatic heterocycles. The number of hydrogen-bond donors (Lipinski definition) is 2. The first kappa shape index (κ1) is 14.2. The maximum absolute atomic E-state index is 10.1. The summed E-state index contributed by atoms with van der Waals surface area (Å²) in [6.07, 6.45) is 6.26. The molecule has 3 rings (SSSR count). The fourth-order valence-corrected chi connectivity index (χ4v) is 3.35. The van der Waals surface area contributed by atoms with E-state index >= 15 is 0 Å². The van der Waals surface area contributed by atoms with E-state index in [9.17, 15) is 5.11 Å². The van der Waals surface area contributed by atoms with E-state index in [4.69, 9.17) is 0 Å². The summed E-state index contributed by atoms with van der Waals surface area (Å²) in [5.41, 5.74) is 1.45. The number of rotatable bonds is 5. The van der Waals surface area contributed by atoms with Gasteiger partial charge in [-0.05, 0) is 6.26 Å². The molecule has 1 unspecified atom stereocenters. The summed E-state index contributed by atoms with van der Waals surface area (Å²) < 4.78 is 3.51. The van der Waals surface area contributed by atoms with Crippen LogP contribution in [0.1, 0.15) is 11.7 Å². The summed E-state index contributed by atoms with van der Waals surface area (Å²) >= 11 is 3.12. The standard InChI is InChI=1S/C12H14N6OS2/c1-18-5-7(3-16-18)8(19)4-13-10-9-11(15-6-14-10)17-12(20-2)21-9/h3,5-6,8,19H,4H2,1-2H3,(H,13,14,15). The van der Waals surface area contributed by atoms with Crippen molar-refractivity contribution in [3.63, 3.8) is 0 Å². The molecule has 0 radical (unpaired) electrons. The fraction of sp³-hybridized carbons (Fsp3) is 0.333. The molecule has 3 aromatic heterocycles. The lowest BCUT2D eigenvalue weighted by molar-refractivity contribution is 0.191. The predicted octanol–water partition coefficient (Wildman–Crippen LogP) is 1.69. The molecular formula is C12H14N6OS2. The number of aliphatic hydroxyl groups is 1. The van der Waals surface area contributed by atoms with Gasteiger partial charge in [0, 0.05) is 25.4 Å². The van der Waals surface area contributed by atoms with Crippen LogP contribution in [0.2, 0.25) is 0 Å². The number of thioether (sulfide) groups is 1. The summed E-state index contributed by atoms with van der Waals surface area (Å²) in [7, 11) is 1.82. The van der Waals surface area contributed by atoms with E-state index in [2.05, 4.69) is 25.4 Å². The Kier molecular flexibility index (Phi) is 4.04. The lowest BCUT2D eigenvalue weighted by atomic mass is 10.2. The zero-order valence-corrected chi connectivity index (χ0v) is 13.1. The van der Waals surface area contributed by atoms with Gasteiger partial charge in [0.25, 0.3) is 0 Å². The minimum absolute atomic E-state index is 0.351. The zero-order chi connectivity index (χ0) is 14.8. The fourth-order valence-electron chi connectivity index (χ4n) is 1.87. The van der Waals surface area contributed by atoms with Gasteiger partial charge in [-0.15, -0.1) is 11.3 Å². The highest BCUT2D eigenvalue weighted by Gasteiger charge is 2.13. The Balaban J connectivity index is 1.77. The molecule has 0 fully saturated rings. The normalized spacial score (nSPS) is 12.7. The van der Waals surface area contributed by atoms with Gasteiger partial charge in [0.1, 0.15) is 16.8 Å². The molecule has 0 bridgehead atoms. The lowest BCUT2D eigenvalue weighted by Gasteiger charge is -2.10. The molecule has 7 nitrogen and oxygen atoms in total. The highest BCUT2D eigenvalue weighted by molar-refractivity contribution is 8.00. The van der Waals surface area contributed by atoms with Crippen LogP contribution in [-0.2, 0) is 7.05 Å². The first-order chi connectivity index (χ1) is 10.2. The number of nitrogens with one attached hydrogen (secondary N) is 1. The molecule has 0 amide bonds. The molecule has 3 aromatic rings. The number of fused-ring (bicyclic) bond motifs is 1. The Bertz CT molecular complexity index is 755. The van der Waals surface area contributed by atoms with Crippen molar-refractivity contribution in [2.24, 2.45) is 7.05 Å². The molecule has 3 heterocycles. The van der Waals surface area contributed by atoms with Crippen molar-refractivity contribution in [1.29, 1.82) is 0 Å². The Morgan fingerprint density at radius 3 is 3.05 bits per heavy atom. The van der Waals surface area contributed by atoms with E-state index in [1.165, 1.54) is 6.33 Å². The number of aliphatic hydroxyl groups excluding tert-OH is 1. The molecule has 0 aliphatic rings. The highest BCUT2D eigenvalue weighted by Crippen LogP contribution is 2.31. The lowest BCUT2D eigenvalue weighted by Crippen LogP contribution is -2.12. The Morgan fingerprint density at radius 2 is 2.33 bits per heavy atom. The van der Waals surface area contributed by atoms with Crippen LogP contribution in [-0.4, -0.2) is 42.6 Å². The molecule has 9 heteroatoms. The summed E-state index contributed by atoms with van der Waals surface area (Å²) in [6.45, 7) is 0.351. The van der Waals surface area contributed by atoms with E-state index in [-0.39, 0.29) is 0 Å². The summed E-state index contributed by atoms with van der Waals surface area (Å²) in [5, 5.41) is 17.3. The van der Waals surface area contributed by atoms with E-state index < -0.39 is 6.10 Å². The quantitative estimate of drug-likeness (QED) is 0.691. The van der Waals surface area contributed by atoms with Crippen molar-refractivity contribution in [2.75, 3.05) is 18.1 Å². The maximum Gasteiger partial charge on any atom is 0.176 e. The number of aromatic nitrogens is 5. The van der Waals surface area contributed by atoms with Gasteiger partial charge >= 0.3 is 0 Å². The summed E-state index contributed by atoms with van der Waals surface area (Å²) in [5.74, 6) is 0.695. The third-order valence-electron chi connectivity index (χ3n) is 2.92. The molecule has 0 saturated heterocycles. The Labute approximate surface area is 129 Å². The Morgan fingerprint density at radius 1 is 1.48 bits per heavy atom. The molecule has 2 N–H and O–H groups in total. The van der Waals surface area contributed by atoms with Crippen molar-refractivity contribution in [2.45, 2.75) is 10.4 Å². The number of anilines is 1. The summed E-state index contributed by atoms with van der Waals surface area (Å²) in [6, 6.07) is 0. The van der Waals surface area contributed by atoms with E-state index in [0.29, 0.717) is 18.0 Å². The van der Waals surface area contributed by atoms with Gasteiger partial charge in [0.15, 0.2) is 9.99 Å². The first-order valence-corrected chi connectivity index (χ1v) is 8.27. The molecule has 0 aliphatic carbocycles. The molecule has 0 aromatic carbocycles. The molecule has 0 saturated carbocycles. The van der Waals surface area contributed by atoms with Crippen molar-refractivity contribution < 1.29 is 5.11 Å². The van der Waals surface area contributed by atoms with Gasteiger partial charge in [-0.2, -0.15) is 5.10 Å². The first-order valence-electron chi connectivity index (χ1n) is 6.23. The van der Waals surface area contributed by atoms with Crippen molar-refractivity contribution in [1.82, 2.24) is 24.7 Å². The average Bonchev–Trinajstić information content (AvgIpc) is 3.10. The number of hydrogen-bond acceptors (Lipinski definition) is 8. The van der Waals surface area contributed by atoms with Gasteiger partial charge in [-0.1, -0.05) is 11.8 Å². The Hall–Kier alpha value is -1.71.